The van der Waals surface area contributed by atoms with Gasteiger partial charge in [-0.3, -0.25) is 0 Å². The van der Waals surface area contributed by atoms with Crippen LogP contribution < -0.4 is 0 Å². The molecule has 3 heteroatoms. The van der Waals surface area contributed by atoms with E-state index in [1.54, 1.807) is 0 Å². The highest BCUT2D eigenvalue weighted by Gasteiger charge is 2.33. The summed E-state index contributed by atoms with van der Waals surface area (Å²) in [6, 6.07) is 0. The van der Waals surface area contributed by atoms with Gasteiger partial charge in [-0.1, -0.05) is 27.2 Å². The van der Waals surface area contributed by atoms with Crippen LogP contribution in [0, 0.1) is 17.8 Å². The fourth-order valence-electron chi connectivity index (χ4n) is 2.50. The first-order valence-electron chi connectivity index (χ1n) is 6.30. The summed E-state index contributed by atoms with van der Waals surface area (Å²) in [6.07, 6.45) is 2.25. The Hall–Kier alpha value is -0.570. The molecular formula is C13H24O3. The summed E-state index contributed by atoms with van der Waals surface area (Å²) in [5.74, 6) is 1.10. The summed E-state index contributed by atoms with van der Waals surface area (Å²) in [6.45, 7) is 7.99. The van der Waals surface area contributed by atoms with Crippen LogP contribution in [-0.2, 0) is 9.53 Å². The van der Waals surface area contributed by atoms with E-state index in [-0.39, 0.29) is 6.10 Å². The first kappa shape index (κ1) is 13.5. The van der Waals surface area contributed by atoms with E-state index in [2.05, 4.69) is 20.8 Å². The highest BCUT2D eigenvalue weighted by atomic mass is 16.6. The molecule has 1 saturated carbocycles. The topological polar surface area (TPSA) is 46.5 Å². The Morgan fingerprint density at radius 1 is 1.31 bits per heavy atom. The van der Waals surface area contributed by atoms with E-state index in [1.165, 1.54) is 13.3 Å². The second-order valence-electron chi connectivity index (χ2n) is 5.48. The fourth-order valence-corrected chi connectivity index (χ4v) is 2.50. The maximum atomic E-state index is 11.4. The SMILES string of the molecule is CC(O)C(=O)O[C@@H]1C[C@H](C)CC[C@H]1C(C)C. The molecule has 0 saturated heterocycles. The summed E-state index contributed by atoms with van der Waals surface area (Å²) in [5, 5.41) is 9.17. The molecule has 1 rings (SSSR count). The summed E-state index contributed by atoms with van der Waals surface area (Å²) in [4.78, 5) is 11.4. The van der Waals surface area contributed by atoms with Crippen molar-refractivity contribution in [2.24, 2.45) is 17.8 Å². The normalized spacial score (nSPS) is 32.5. The van der Waals surface area contributed by atoms with Gasteiger partial charge in [0.15, 0.2) is 0 Å². The van der Waals surface area contributed by atoms with Gasteiger partial charge in [-0.2, -0.15) is 0 Å². The van der Waals surface area contributed by atoms with Crippen molar-refractivity contribution in [1.29, 1.82) is 0 Å². The number of carbonyl (C=O) groups excluding carboxylic acids is 1. The van der Waals surface area contributed by atoms with E-state index in [0.717, 1.165) is 12.8 Å². The number of hydrogen-bond donors (Lipinski definition) is 1. The van der Waals surface area contributed by atoms with Crippen molar-refractivity contribution in [3.05, 3.63) is 0 Å². The number of ether oxygens (including phenoxy) is 1. The second kappa shape index (κ2) is 5.67. The molecule has 0 amide bonds. The third-order valence-corrected chi connectivity index (χ3v) is 3.57. The lowest BCUT2D eigenvalue weighted by molar-refractivity contribution is -0.164. The second-order valence-corrected chi connectivity index (χ2v) is 5.48. The molecule has 0 aliphatic heterocycles. The first-order chi connectivity index (χ1) is 7.41. The lowest BCUT2D eigenvalue weighted by atomic mass is 9.75. The molecule has 0 bridgehead atoms. The van der Waals surface area contributed by atoms with Gasteiger partial charge < -0.3 is 9.84 Å². The largest absolute Gasteiger partial charge is 0.460 e. The Bertz CT molecular complexity index is 235. The minimum atomic E-state index is -1.01. The van der Waals surface area contributed by atoms with Crippen LogP contribution in [0.25, 0.3) is 0 Å². The van der Waals surface area contributed by atoms with Gasteiger partial charge in [0.25, 0.3) is 0 Å². The zero-order valence-electron chi connectivity index (χ0n) is 10.8. The molecule has 1 aliphatic rings. The minimum Gasteiger partial charge on any atom is -0.460 e. The van der Waals surface area contributed by atoms with E-state index in [9.17, 15) is 4.79 Å². The number of esters is 1. The van der Waals surface area contributed by atoms with Gasteiger partial charge >= 0.3 is 5.97 Å². The summed E-state index contributed by atoms with van der Waals surface area (Å²) in [5.41, 5.74) is 0. The van der Waals surface area contributed by atoms with Crippen molar-refractivity contribution < 1.29 is 14.6 Å². The van der Waals surface area contributed by atoms with Crippen molar-refractivity contribution in [2.75, 3.05) is 0 Å². The van der Waals surface area contributed by atoms with Crippen LogP contribution in [0.2, 0.25) is 0 Å². The van der Waals surface area contributed by atoms with Crippen LogP contribution in [0.5, 0.6) is 0 Å². The van der Waals surface area contributed by atoms with E-state index < -0.39 is 12.1 Å². The third kappa shape index (κ3) is 3.48. The number of aliphatic hydroxyl groups is 1. The number of carbonyl (C=O) groups is 1. The van der Waals surface area contributed by atoms with E-state index in [0.29, 0.717) is 17.8 Å². The predicted octanol–water partition coefficient (Wildman–Crippen LogP) is 2.37. The van der Waals surface area contributed by atoms with Gasteiger partial charge in [0.2, 0.25) is 0 Å². The van der Waals surface area contributed by atoms with Gasteiger partial charge in [-0.25, -0.2) is 4.79 Å². The van der Waals surface area contributed by atoms with Gasteiger partial charge in [-0.15, -0.1) is 0 Å². The zero-order chi connectivity index (χ0) is 12.3. The predicted molar refractivity (Wildman–Crippen MR) is 62.9 cm³/mol. The quantitative estimate of drug-likeness (QED) is 0.754. The highest BCUT2D eigenvalue weighted by molar-refractivity contribution is 5.74. The molecule has 16 heavy (non-hydrogen) atoms. The molecule has 1 N–H and O–H groups in total. The highest BCUT2D eigenvalue weighted by Crippen LogP contribution is 2.35. The van der Waals surface area contributed by atoms with Gasteiger partial charge in [0.1, 0.15) is 12.2 Å². The molecule has 0 aromatic carbocycles. The van der Waals surface area contributed by atoms with Crippen molar-refractivity contribution in [3.8, 4) is 0 Å². The summed E-state index contributed by atoms with van der Waals surface area (Å²) < 4.78 is 5.41. The van der Waals surface area contributed by atoms with Crippen molar-refractivity contribution in [3.63, 3.8) is 0 Å². The monoisotopic (exact) mass is 228 g/mol. The molecule has 0 aromatic heterocycles. The summed E-state index contributed by atoms with van der Waals surface area (Å²) in [7, 11) is 0. The average Bonchev–Trinajstić information content (AvgIpc) is 2.16. The Balaban J connectivity index is 2.61. The fraction of sp³-hybridized carbons (Fsp3) is 0.923. The molecule has 0 heterocycles. The van der Waals surface area contributed by atoms with Crippen LogP contribution in [0.3, 0.4) is 0 Å². The number of hydrogen-bond acceptors (Lipinski definition) is 3. The molecule has 1 fully saturated rings. The molecule has 4 atom stereocenters. The molecular weight excluding hydrogens is 204 g/mol. The average molecular weight is 228 g/mol. The van der Waals surface area contributed by atoms with E-state index >= 15 is 0 Å². The van der Waals surface area contributed by atoms with E-state index in [4.69, 9.17) is 9.84 Å². The third-order valence-electron chi connectivity index (χ3n) is 3.57. The lowest BCUT2D eigenvalue weighted by Gasteiger charge is -2.36. The van der Waals surface area contributed by atoms with Crippen LogP contribution in [0.4, 0.5) is 0 Å². The Labute approximate surface area is 98.2 Å². The molecule has 0 radical (unpaired) electrons. The molecule has 0 spiro atoms. The maximum Gasteiger partial charge on any atom is 0.334 e. The standard InChI is InChI=1S/C13H24O3/c1-8(2)11-6-5-9(3)7-12(11)16-13(15)10(4)14/h8-12,14H,5-7H2,1-4H3/t9-,10?,11+,12-/m1/s1. The lowest BCUT2D eigenvalue weighted by Crippen LogP contribution is -2.37. The van der Waals surface area contributed by atoms with Gasteiger partial charge in [-0.05, 0) is 37.5 Å². The Kier molecular flexibility index (Phi) is 4.78. The van der Waals surface area contributed by atoms with Gasteiger partial charge in [0.05, 0.1) is 0 Å². The Morgan fingerprint density at radius 2 is 1.94 bits per heavy atom. The summed E-state index contributed by atoms with van der Waals surface area (Å²) >= 11 is 0. The smallest absolute Gasteiger partial charge is 0.334 e. The van der Waals surface area contributed by atoms with Crippen LogP contribution in [0.15, 0.2) is 0 Å². The van der Waals surface area contributed by atoms with Crippen LogP contribution >= 0.6 is 0 Å². The number of rotatable bonds is 3. The van der Waals surface area contributed by atoms with Crippen molar-refractivity contribution in [2.45, 2.75) is 59.2 Å². The van der Waals surface area contributed by atoms with E-state index in [1.807, 2.05) is 0 Å². The van der Waals surface area contributed by atoms with Crippen LogP contribution in [-0.4, -0.2) is 23.3 Å². The molecule has 1 unspecified atom stereocenters. The van der Waals surface area contributed by atoms with Crippen LogP contribution in [0.1, 0.15) is 47.0 Å². The number of aliphatic hydroxyl groups excluding tert-OH is 1. The zero-order valence-corrected chi connectivity index (χ0v) is 10.8. The Morgan fingerprint density at radius 3 is 2.44 bits per heavy atom. The molecule has 0 aromatic rings. The molecule has 1 aliphatic carbocycles. The van der Waals surface area contributed by atoms with Gasteiger partial charge in [0, 0.05) is 0 Å². The van der Waals surface area contributed by atoms with Crippen molar-refractivity contribution in [1.82, 2.24) is 0 Å². The molecule has 94 valence electrons. The minimum absolute atomic E-state index is 0.00847. The van der Waals surface area contributed by atoms with Crippen molar-refractivity contribution >= 4 is 5.97 Å². The maximum absolute atomic E-state index is 11.4. The molecule has 3 nitrogen and oxygen atoms in total. The first-order valence-corrected chi connectivity index (χ1v) is 6.30.